The molecule has 6 nitrogen and oxygen atoms in total. The fraction of sp³-hybridized carbons (Fsp3) is 0.696. The van der Waals surface area contributed by atoms with Crippen molar-refractivity contribution in [2.45, 2.75) is 25.8 Å². The zero-order valence-corrected chi connectivity index (χ0v) is 18.5. The van der Waals surface area contributed by atoms with Crippen molar-refractivity contribution < 1.29 is 4.74 Å². The highest BCUT2D eigenvalue weighted by atomic mass is 16.5. The zero-order valence-electron chi connectivity index (χ0n) is 18.5. The molecule has 162 valence electrons. The molecular formula is C23H39N5O. The van der Waals surface area contributed by atoms with Crippen LogP contribution in [0.15, 0.2) is 35.3 Å². The van der Waals surface area contributed by atoms with Crippen molar-refractivity contribution >= 4 is 5.96 Å². The fourth-order valence-corrected chi connectivity index (χ4v) is 4.35. The first-order chi connectivity index (χ1) is 14.2. The van der Waals surface area contributed by atoms with Gasteiger partial charge in [0.05, 0.1) is 6.61 Å². The Labute approximate surface area is 176 Å². The summed E-state index contributed by atoms with van der Waals surface area (Å²) in [5, 5.41) is 3.45. The Morgan fingerprint density at radius 2 is 2.10 bits per heavy atom. The quantitative estimate of drug-likeness (QED) is 0.411. The van der Waals surface area contributed by atoms with E-state index in [1.165, 1.54) is 5.56 Å². The van der Waals surface area contributed by atoms with E-state index in [0.717, 1.165) is 77.8 Å². The van der Waals surface area contributed by atoms with Crippen LogP contribution in [0.2, 0.25) is 0 Å². The van der Waals surface area contributed by atoms with Crippen molar-refractivity contribution in [1.29, 1.82) is 0 Å². The van der Waals surface area contributed by atoms with Gasteiger partial charge in [-0.3, -0.25) is 9.89 Å². The summed E-state index contributed by atoms with van der Waals surface area (Å²) >= 11 is 0. The van der Waals surface area contributed by atoms with Crippen molar-refractivity contribution in [2.75, 3.05) is 73.1 Å². The molecule has 2 atom stereocenters. The minimum absolute atomic E-state index is 0.484. The molecule has 2 heterocycles. The summed E-state index contributed by atoms with van der Waals surface area (Å²) in [6, 6.07) is 11.4. The molecule has 0 saturated carbocycles. The zero-order chi connectivity index (χ0) is 20.5. The average molecular weight is 402 g/mol. The molecule has 6 heteroatoms. The lowest BCUT2D eigenvalue weighted by atomic mass is 10.0. The van der Waals surface area contributed by atoms with Crippen LogP contribution in [-0.4, -0.2) is 93.8 Å². The molecule has 0 amide bonds. The number of nitrogens with zero attached hydrogens (tertiary/aromatic N) is 4. The second-order valence-corrected chi connectivity index (χ2v) is 8.42. The lowest BCUT2D eigenvalue weighted by Crippen LogP contribution is -2.47. The minimum Gasteiger partial charge on any atom is -0.381 e. The van der Waals surface area contributed by atoms with E-state index in [-0.39, 0.29) is 0 Å². The molecule has 29 heavy (non-hydrogen) atoms. The predicted octanol–water partition coefficient (Wildman–Crippen LogP) is 2.30. The van der Waals surface area contributed by atoms with Crippen molar-refractivity contribution in [3.8, 4) is 0 Å². The molecule has 0 radical (unpaired) electrons. The van der Waals surface area contributed by atoms with Crippen molar-refractivity contribution in [3.63, 3.8) is 0 Å². The number of nitrogens with one attached hydrogen (secondary N) is 1. The molecule has 3 rings (SSSR count). The average Bonchev–Trinajstić information content (AvgIpc) is 3.24. The Balaban J connectivity index is 1.51. The highest BCUT2D eigenvalue weighted by Gasteiger charge is 2.26. The fourth-order valence-electron chi connectivity index (χ4n) is 4.35. The lowest BCUT2D eigenvalue weighted by molar-refractivity contribution is 0.0894. The number of guanidine groups is 1. The summed E-state index contributed by atoms with van der Waals surface area (Å²) in [4.78, 5) is 12.3. The molecule has 1 aromatic rings. The van der Waals surface area contributed by atoms with Crippen molar-refractivity contribution in [3.05, 3.63) is 35.9 Å². The van der Waals surface area contributed by atoms with Gasteiger partial charge in [0.15, 0.2) is 5.96 Å². The summed E-state index contributed by atoms with van der Waals surface area (Å²) in [5.74, 6) is 1.65. The minimum atomic E-state index is 0.484. The molecule has 2 aliphatic rings. The molecule has 0 bridgehead atoms. The Kier molecular flexibility index (Phi) is 8.77. The van der Waals surface area contributed by atoms with E-state index in [0.29, 0.717) is 12.0 Å². The first kappa shape index (κ1) is 22.1. The Morgan fingerprint density at radius 3 is 2.83 bits per heavy atom. The third-order valence-electron chi connectivity index (χ3n) is 6.00. The molecule has 0 aliphatic carbocycles. The van der Waals surface area contributed by atoms with E-state index in [1.54, 1.807) is 0 Å². The standard InChI is InChI=1S/C23H39N5O/c1-4-24-23(27(3)17-20-11-16-29-19-20)25-12-8-13-28-15-14-26(2)18-22(28)21-9-6-5-7-10-21/h5-7,9-10,20,22H,4,8,11-19H2,1-3H3,(H,24,25). The molecule has 1 aromatic carbocycles. The van der Waals surface area contributed by atoms with E-state index in [4.69, 9.17) is 9.73 Å². The maximum Gasteiger partial charge on any atom is 0.193 e. The SMILES string of the molecule is CCNC(=NCCCN1CCN(C)CC1c1ccccc1)N(C)CC1CCOC1. The van der Waals surface area contributed by atoms with Crippen LogP contribution in [0.3, 0.4) is 0 Å². The number of likely N-dealkylation sites (N-methyl/N-ethyl adjacent to an activating group) is 1. The molecule has 1 N–H and O–H groups in total. The summed E-state index contributed by atoms with van der Waals surface area (Å²) < 4.78 is 5.52. The van der Waals surface area contributed by atoms with E-state index in [9.17, 15) is 0 Å². The van der Waals surface area contributed by atoms with Crippen LogP contribution in [0.4, 0.5) is 0 Å². The Hall–Kier alpha value is -1.63. The van der Waals surface area contributed by atoms with Crippen LogP contribution < -0.4 is 5.32 Å². The number of hydrogen-bond acceptors (Lipinski definition) is 4. The maximum atomic E-state index is 5.52. The van der Waals surface area contributed by atoms with Gasteiger partial charge < -0.3 is 19.9 Å². The molecule has 2 unspecified atom stereocenters. The first-order valence-electron chi connectivity index (χ1n) is 11.2. The second kappa shape index (κ2) is 11.5. The second-order valence-electron chi connectivity index (χ2n) is 8.42. The van der Waals surface area contributed by atoms with E-state index in [2.05, 4.69) is 71.4 Å². The third-order valence-corrected chi connectivity index (χ3v) is 6.00. The Bertz CT molecular complexity index is 617. The van der Waals surface area contributed by atoms with Gasteiger partial charge in [-0.1, -0.05) is 30.3 Å². The van der Waals surface area contributed by atoms with Gasteiger partial charge in [-0.05, 0) is 32.4 Å². The van der Waals surface area contributed by atoms with Gasteiger partial charge in [-0.2, -0.15) is 0 Å². The number of benzene rings is 1. The van der Waals surface area contributed by atoms with E-state index in [1.807, 2.05) is 0 Å². The van der Waals surface area contributed by atoms with Crippen molar-refractivity contribution in [1.82, 2.24) is 20.0 Å². The molecule has 2 aliphatic heterocycles. The van der Waals surface area contributed by atoms with Gasteiger partial charge in [-0.15, -0.1) is 0 Å². The predicted molar refractivity (Wildman–Crippen MR) is 120 cm³/mol. The molecule has 2 saturated heterocycles. The lowest BCUT2D eigenvalue weighted by Gasteiger charge is -2.40. The van der Waals surface area contributed by atoms with Crippen LogP contribution in [0.25, 0.3) is 0 Å². The summed E-state index contributed by atoms with van der Waals surface area (Å²) in [6.45, 7) is 11.2. The van der Waals surface area contributed by atoms with Gasteiger partial charge >= 0.3 is 0 Å². The number of rotatable bonds is 8. The highest BCUT2D eigenvalue weighted by molar-refractivity contribution is 5.79. The first-order valence-corrected chi connectivity index (χ1v) is 11.2. The maximum absolute atomic E-state index is 5.52. The monoisotopic (exact) mass is 401 g/mol. The van der Waals surface area contributed by atoms with Crippen molar-refractivity contribution in [2.24, 2.45) is 10.9 Å². The number of hydrogen-bond donors (Lipinski definition) is 1. The van der Waals surface area contributed by atoms with Crippen LogP contribution in [0, 0.1) is 5.92 Å². The molecule has 2 fully saturated rings. The number of ether oxygens (including phenoxy) is 1. The number of aliphatic imine (C=N–C) groups is 1. The topological polar surface area (TPSA) is 43.3 Å². The third kappa shape index (κ3) is 6.69. The smallest absolute Gasteiger partial charge is 0.193 e. The van der Waals surface area contributed by atoms with Crippen LogP contribution in [0.5, 0.6) is 0 Å². The van der Waals surface area contributed by atoms with E-state index >= 15 is 0 Å². The van der Waals surface area contributed by atoms with Crippen LogP contribution in [-0.2, 0) is 4.74 Å². The largest absolute Gasteiger partial charge is 0.381 e. The summed E-state index contributed by atoms with van der Waals surface area (Å²) in [5.41, 5.74) is 1.43. The molecule has 0 spiro atoms. The highest BCUT2D eigenvalue weighted by Crippen LogP contribution is 2.24. The Morgan fingerprint density at radius 1 is 1.28 bits per heavy atom. The van der Waals surface area contributed by atoms with Gasteiger partial charge in [0.1, 0.15) is 0 Å². The molecule has 0 aromatic heterocycles. The van der Waals surface area contributed by atoms with Gasteiger partial charge in [0.25, 0.3) is 0 Å². The summed E-state index contributed by atoms with van der Waals surface area (Å²) in [6.07, 6.45) is 2.25. The van der Waals surface area contributed by atoms with Gasteiger partial charge in [-0.25, -0.2) is 0 Å². The molecular weight excluding hydrogens is 362 g/mol. The van der Waals surface area contributed by atoms with E-state index < -0.39 is 0 Å². The van der Waals surface area contributed by atoms with Gasteiger partial charge in [0, 0.05) is 71.4 Å². The normalized spacial score (nSPS) is 24.0. The van der Waals surface area contributed by atoms with Crippen LogP contribution in [0.1, 0.15) is 31.4 Å². The number of piperazine rings is 1. The summed E-state index contributed by atoms with van der Waals surface area (Å²) in [7, 11) is 4.37. The van der Waals surface area contributed by atoms with Gasteiger partial charge in [0.2, 0.25) is 0 Å². The van der Waals surface area contributed by atoms with Crippen LogP contribution >= 0.6 is 0 Å².